The molecule has 0 amide bonds. The van der Waals surface area contributed by atoms with Gasteiger partial charge in [0.25, 0.3) is 0 Å². The average molecular weight is 451 g/mol. The van der Waals surface area contributed by atoms with Crippen LogP contribution in [0, 0.1) is 11.8 Å². The number of ether oxygens (including phenoxy) is 1. The predicted molar refractivity (Wildman–Crippen MR) is 128 cm³/mol. The monoisotopic (exact) mass is 450 g/mol. The van der Waals surface area contributed by atoms with Gasteiger partial charge in [-0.2, -0.15) is 0 Å². The smallest absolute Gasteiger partial charge is 0.100 e. The lowest BCUT2D eigenvalue weighted by Gasteiger charge is -2.26. The zero-order valence-electron chi connectivity index (χ0n) is 20.8. The first-order valence-corrected chi connectivity index (χ1v) is 12.7. The fraction of sp³-hybridized carbons (Fsp3) is 1.00. The zero-order chi connectivity index (χ0) is 23.9. The Kier molecular flexibility index (Phi) is 25.9. The summed E-state index contributed by atoms with van der Waals surface area (Å²) in [7, 11) is 0. The predicted octanol–water partition coefficient (Wildman–Crippen LogP) is 4.05. The van der Waals surface area contributed by atoms with Gasteiger partial charge in [0, 0.05) is 13.2 Å². The van der Waals surface area contributed by atoms with Crippen molar-refractivity contribution in [3.05, 3.63) is 0 Å². The van der Waals surface area contributed by atoms with Gasteiger partial charge >= 0.3 is 0 Å². The van der Waals surface area contributed by atoms with Crippen LogP contribution in [0.2, 0.25) is 0 Å². The van der Waals surface area contributed by atoms with E-state index in [2.05, 4.69) is 27.7 Å². The molecule has 6 nitrogen and oxygen atoms in total. The van der Waals surface area contributed by atoms with Gasteiger partial charge in [0.2, 0.25) is 0 Å². The molecular weight excluding hydrogens is 396 g/mol. The molecule has 0 saturated carbocycles. The van der Waals surface area contributed by atoms with Crippen LogP contribution in [0.5, 0.6) is 0 Å². The van der Waals surface area contributed by atoms with Crippen LogP contribution in [0.4, 0.5) is 0 Å². The van der Waals surface area contributed by atoms with Crippen molar-refractivity contribution in [2.75, 3.05) is 26.4 Å². The van der Waals surface area contributed by atoms with Crippen LogP contribution in [0.3, 0.4) is 0 Å². The Morgan fingerprint density at radius 2 is 0.935 bits per heavy atom. The summed E-state index contributed by atoms with van der Waals surface area (Å²) >= 11 is 0. The van der Waals surface area contributed by atoms with Gasteiger partial charge in [0.05, 0.1) is 25.4 Å². The SMILES string of the molecule is CCC(CCCO)CCC(CC)OC(CC)CCC(CC)CCCO.OCC(O)CO. The molecule has 0 aliphatic carbocycles. The third-order valence-electron chi connectivity index (χ3n) is 6.21. The summed E-state index contributed by atoms with van der Waals surface area (Å²) in [4.78, 5) is 0. The largest absolute Gasteiger partial charge is 0.396 e. The Morgan fingerprint density at radius 1 is 0.548 bits per heavy atom. The van der Waals surface area contributed by atoms with E-state index >= 15 is 0 Å². The van der Waals surface area contributed by atoms with Crippen molar-refractivity contribution >= 4 is 0 Å². The molecule has 0 saturated heterocycles. The van der Waals surface area contributed by atoms with Crippen LogP contribution in [0.15, 0.2) is 0 Å². The molecule has 0 aliphatic rings. The van der Waals surface area contributed by atoms with E-state index in [9.17, 15) is 0 Å². The lowest BCUT2D eigenvalue weighted by molar-refractivity contribution is -0.0293. The summed E-state index contributed by atoms with van der Waals surface area (Å²) in [6.45, 7) is 8.90. The molecule has 0 bridgehead atoms. The number of aliphatic hydroxyl groups is 5. The Hall–Kier alpha value is -0.240. The van der Waals surface area contributed by atoms with E-state index in [0.717, 1.165) is 63.2 Å². The molecule has 0 aromatic rings. The Labute approximate surface area is 192 Å². The number of aliphatic hydroxyl groups excluding tert-OH is 5. The number of hydrogen-bond donors (Lipinski definition) is 5. The fourth-order valence-corrected chi connectivity index (χ4v) is 3.77. The van der Waals surface area contributed by atoms with Gasteiger partial charge in [-0.15, -0.1) is 0 Å². The van der Waals surface area contributed by atoms with Gasteiger partial charge < -0.3 is 30.3 Å². The molecule has 0 aliphatic heterocycles. The second-order valence-corrected chi connectivity index (χ2v) is 8.65. The summed E-state index contributed by atoms with van der Waals surface area (Å²) in [5.74, 6) is 1.46. The summed E-state index contributed by atoms with van der Waals surface area (Å²) < 4.78 is 6.45. The molecule has 190 valence electrons. The maximum atomic E-state index is 9.02. The first-order valence-electron chi connectivity index (χ1n) is 12.7. The standard InChI is InChI=1S/C22H46O3.C3H8O3/c1-5-19(11-9-17-23)13-15-21(7-3)25-22(8-4)16-14-20(6-2)12-10-18-24;4-1-3(6)2-5/h19-24H,5-18H2,1-4H3;3-6H,1-2H2. The van der Waals surface area contributed by atoms with Gasteiger partial charge in [-0.25, -0.2) is 0 Å². The number of rotatable bonds is 20. The van der Waals surface area contributed by atoms with Crippen molar-refractivity contribution in [1.82, 2.24) is 0 Å². The van der Waals surface area contributed by atoms with Crippen molar-refractivity contribution in [3.8, 4) is 0 Å². The van der Waals surface area contributed by atoms with Gasteiger partial charge in [0.1, 0.15) is 6.10 Å². The molecule has 0 aromatic heterocycles. The second kappa shape index (κ2) is 24.4. The minimum atomic E-state index is -0.954. The molecule has 6 heteroatoms. The third-order valence-corrected chi connectivity index (χ3v) is 6.21. The highest BCUT2D eigenvalue weighted by Crippen LogP contribution is 2.24. The van der Waals surface area contributed by atoms with Gasteiger partial charge in [-0.1, -0.05) is 40.5 Å². The third kappa shape index (κ3) is 20.1. The number of hydrogen-bond acceptors (Lipinski definition) is 6. The molecule has 31 heavy (non-hydrogen) atoms. The summed E-state index contributed by atoms with van der Waals surface area (Å²) in [5, 5.41) is 42.1. The minimum absolute atomic E-state index is 0.316. The molecule has 0 aromatic carbocycles. The Morgan fingerprint density at radius 3 is 1.16 bits per heavy atom. The lowest BCUT2D eigenvalue weighted by Crippen LogP contribution is -2.23. The van der Waals surface area contributed by atoms with E-state index in [4.69, 9.17) is 30.3 Å². The van der Waals surface area contributed by atoms with E-state index < -0.39 is 6.10 Å². The molecule has 0 fully saturated rings. The molecule has 5 N–H and O–H groups in total. The van der Waals surface area contributed by atoms with Crippen molar-refractivity contribution in [2.45, 2.75) is 123 Å². The zero-order valence-corrected chi connectivity index (χ0v) is 20.8. The van der Waals surface area contributed by atoms with Gasteiger partial charge in [0.15, 0.2) is 0 Å². The first-order chi connectivity index (χ1) is 14.9. The van der Waals surface area contributed by atoms with Crippen LogP contribution in [-0.2, 0) is 4.74 Å². The van der Waals surface area contributed by atoms with Crippen LogP contribution in [-0.4, -0.2) is 70.3 Å². The molecule has 4 atom stereocenters. The van der Waals surface area contributed by atoms with Crippen molar-refractivity contribution in [3.63, 3.8) is 0 Å². The highest BCUT2D eigenvalue weighted by Gasteiger charge is 2.17. The molecule has 0 radical (unpaired) electrons. The van der Waals surface area contributed by atoms with E-state index in [0.29, 0.717) is 25.4 Å². The Bertz CT molecular complexity index is 312. The second-order valence-electron chi connectivity index (χ2n) is 8.65. The highest BCUT2D eigenvalue weighted by atomic mass is 16.5. The minimum Gasteiger partial charge on any atom is -0.396 e. The molecule has 0 rings (SSSR count). The lowest BCUT2D eigenvalue weighted by atomic mass is 9.92. The molecular formula is C25H54O6. The van der Waals surface area contributed by atoms with Crippen LogP contribution < -0.4 is 0 Å². The van der Waals surface area contributed by atoms with E-state index in [1.54, 1.807) is 0 Å². The average Bonchev–Trinajstić information content (AvgIpc) is 2.81. The normalized spacial score (nSPS) is 15.3. The molecule has 4 unspecified atom stereocenters. The van der Waals surface area contributed by atoms with Crippen LogP contribution in [0.1, 0.15) is 105 Å². The summed E-state index contributed by atoms with van der Waals surface area (Å²) in [6.07, 6.45) is 13.3. The van der Waals surface area contributed by atoms with Crippen molar-refractivity contribution < 1.29 is 30.3 Å². The molecule has 0 spiro atoms. The van der Waals surface area contributed by atoms with Crippen molar-refractivity contribution in [2.24, 2.45) is 11.8 Å². The topological polar surface area (TPSA) is 110 Å². The summed E-state index contributed by atoms with van der Waals surface area (Å²) in [6, 6.07) is 0. The van der Waals surface area contributed by atoms with E-state index in [1.807, 2.05) is 0 Å². The van der Waals surface area contributed by atoms with E-state index in [-0.39, 0.29) is 13.2 Å². The van der Waals surface area contributed by atoms with Gasteiger partial charge in [-0.3, -0.25) is 0 Å². The van der Waals surface area contributed by atoms with Crippen molar-refractivity contribution in [1.29, 1.82) is 0 Å². The quantitative estimate of drug-likeness (QED) is 0.191. The van der Waals surface area contributed by atoms with Gasteiger partial charge in [-0.05, 0) is 76.0 Å². The Balaban J connectivity index is 0. The maximum Gasteiger partial charge on any atom is 0.100 e. The first kappa shape index (κ1) is 32.9. The van der Waals surface area contributed by atoms with Crippen LogP contribution in [0.25, 0.3) is 0 Å². The van der Waals surface area contributed by atoms with E-state index in [1.165, 1.54) is 25.7 Å². The summed E-state index contributed by atoms with van der Waals surface area (Å²) in [5.41, 5.74) is 0. The maximum absolute atomic E-state index is 9.02. The molecule has 0 heterocycles. The van der Waals surface area contributed by atoms with Crippen LogP contribution >= 0.6 is 0 Å². The fourth-order valence-electron chi connectivity index (χ4n) is 3.77. The highest BCUT2D eigenvalue weighted by molar-refractivity contribution is 4.68.